The zero-order valence-corrected chi connectivity index (χ0v) is 13.2. The Hall–Kier alpha value is -2.00. The smallest absolute Gasteiger partial charge is 0.230 e. The fourth-order valence-electron chi connectivity index (χ4n) is 1.85. The van der Waals surface area contributed by atoms with Crippen LogP contribution in [-0.4, -0.2) is 41.1 Å². The highest BCUT2D eigenvalue weighted by Gasteiger charge is 2.21. The molecule has 7 nitrogen and oxygen atoms in total. The third-order valence-corrected chi connectivity index (χ3v) is 4.73. The Morgan fingerprint density at radius 3 is 3.00 bits per heavy atom. The molecule has 1 aromatic heterocycles. The highest BCUT2D eigenvalue weighted by Crippen LogP contribution is 2.30. The summed E-state index contributed by atoms with van der Waals surface area (Å²) in [6, 6.07) is 7.48. The number of carbonyl (C=O) groups is 1. The van der Waals surface area contributed by atoms with Gasteiger partial charge >= 0.3 is 0 Å². The van der Waals surface area contributed by atoms with Crippen LogP contribution in [0.15, 0.2) is 28.6 Å². The van der Waals surface area contributed by atoms with Gasteiger partial charge in [0.1, 0.15) is 12.7 Å². The van der Waals surface area contributed by atoms with Gasteiger partial charge in [0.2, 0.25) is 11.0 Å². The molecule has 0 saturated heterocycles. The summed E-state index contributed by atoms with van der Waals surface area (Å²) < 4.78 is 12.0. The maximum atomic E-state index is 11.8. The first-order chi connectivity index (χ1) is 10.7. The molecule has 1 amide bonds. The number of hydrogen-bond donors (Lipinski definition) is 2. The molecule has 2 aromatic rings. The van der Waals surface area contributed by atoms with E-state index in [2.05, 4.69) is 15.5 Å². The quantitative estimate of drug-likeness (QED) is 0.789. The lowest BCUT2D eigenvalue weighted by atomic mass is 10.2. The fraction of sp³-hybridized carbons (Fsp3) is 0.308. The lowest BCUT2D eigenvalue weighted by Gasteiger charge is -2.26. The zero-order chi connectivity index (χ0) is 15.4. The summed E-state index contributed by atoms with van der Waals surface area (Å²) in [5, 5.41) is 10.8. The van der Waals surface area contributed by atoms with Crippen LogP contribution >= 0.6 is 23.1 Å². The van der Waals surface area contributed by atoms with E-state index in [1.165, 1.54) is 23.1 Å². The molecule has 0 unspecified atom stereocenters. The van der Waals surface area contributed by atoms with Crippen LogP contribution in [0.2, 0.25) is 0 Å². The Kier molecular flexibility index (Phi) is 4.64. The molecule has 0 radical (unpaired) electrons. The third-order valence-electron chi connectivity index (χ3n) is 2.84. The molecule has 3 rings (SSSR count). The number of carbonyl (C=O) groups excluding carboxylic acids is 1. The van der Waals surface area contributed by atoms with Crippen LogP contribution in [0, 0.1) is 0 Å². The lowest BCUT2D eigenvalue weighted by Crippen LogP contribution is -2.41. The summed E-state index contributed by atoms with van der Waals surface area (Å²) >= 11 is 2.57. The second kappa shape index (κ2) is 6.84. The molecule has 2 heterocycles. The maximum absolute atomic E-state index is 11.8. The molecule has 1 aliphatic heterocycles. The van der Waals surface area contributed by atoms with Gasteiger partial charge in [-0.15, -0.1) is 10.2 Å². The first-order valence-electron chi connectivity index (χ1n) is 6.57. The molecule has 1 atom stereocenters. The second-order valence-electron chi connectivity index (χ2n) is 4.50. The Morgan fingerprint density at radius 1 is 1.41 bits per heavy atom. The van der Waals surface area contributed by atoms with Crippen molar-refractivity contribution >= 4 is 34.1 Å². The van der Waals surface area contributed by atoms with E-state index >= 15 is 0 Å². The number of nitrogens with two attached hydrogens (primary N) is 1. The molecule has 0 fully saturated rings. The van der Waals surface area contributed by atoms with Gasteiger partial charge in [-0.2, -0.15) is 0 Å². The van der Waals surface area contributed by atoms with Crippen LogP contribution in [0.1, 0.15) is 0 Å². The number of hydrogen-bond acceptors (Lipinski definition) is 8. The van der Waals surface area contributed by atoms with E-state index in [-0.39, 0.29) is 17.8 Å². The number of para-hydroxylation sites is 2. The molecule has 3 N–H and O–H groups in total. The number of anilines is 1. The van der Waals surface area contributed by atoms with E-state index in [0.29, 0.717) is 28.4 Å². The number of fused-ring (bicyclic) bond motifs is 1. The maximum Gasteiger partial charge on any atom is 0.230 e. The number of aromatic nitrogens is 2. The van der Waals surface area contributed by atoms with Crippen molar-refractivity contribution in [2.24, 2.45) is 0 Å². The molecule has 0 saturated carbocycles. The van der Waals surface area contributed by atoms with Gasteiger partial charge in [-0.3, -0.25) is 4.79 Å². The second-order valence-corrected chi connectivity index (χ2v) is 6.73. The van der Waals surface area contributed by atoms with Crippen molar-refractivity contribution in [2.75, 3.05) is 24.6 Å². The zero-order valence-electron chi connectivity index (χ0n) is 11.5. The molecule has 0 aliphatic carbocycles. The summed E-state index contributed by atoms with van der Waals surface area (Å²) in [5.74, 6) is 1.60. The molecule has 22 heavy (non-hydrogen) atoms. The summed E-state index contributed by atoms with van der Waals surface area (Å²) in [6.45, 7) is 0.809. The minimum absolute atomic E-state index is 0.0961. The third kappa shape index (κ3) is 3.80. The largest absolute Gasteiger partial charge is 0.486 e. The number of benzene rings is 1. The fourth-order valence-corrected chi connectivity index (χ4v) is 3.31. The summed E-state index contributed by atoms with van der Waals surface area (Å²) in [7, 11) is 0. The van der Waals surface area contributed by atoms with Crippen molar-refractivity contribution in [1.29, 1.82) is 0 Å². The van der Waals surface area contributed by atoms with Gasteiger partial charge in [-0.25, -0.2) is 0 Å². The van der Waals surface area contributed by atoms with Crippen molar-refractivity contribution in [2.45, 2.75) is 10.4 Å². The highest BCUT2D eigenvalue weighted by molar-refractivity contribution is 8.01. The van der Waals surface area contributed by atoms with Crippen LogP contribution in [0.4, 0.5) is 5.13 Å². The van der Waals surface area contributed by atoms with Crippen LogP contribution < -0.4 is 20.5 Å². The average molecular weight is 338 g/mol. The van der Waals surface area contributed by atoms with Crippen LogP contribution in [0.3, 0.4) is 0 Å². The van der Waals surface area contributed by atoms with Gasteiger partial charge < -0.3 is 20.5 Å². The van der Waals surface area contributed by atoms with Gasteiger partial charge in [-0.1, -0.05) is 35.2 Å². The summed E-state index contributed by atoms with van der Waals surface area (Å²) in [4.78, 5) is 11.8. The first kappa shape index (κ1) is 14.9. The van der Waals surface area contributed by atoms with Crippen molar-refractivity contribution in [1.82, 2.24) is 15.5 Å². The van der Waals surface area contributed by atoms with E-state index in [4.69, 9.17) is 15.2 Å². The van der Waals surface area contributed by atoms with Gasteiger partial charge in [0.05, 0.1) is 12.3 Å². The molecule has 1 aliphatic rings. The molecule has 1 aromatic carbocycles. The lowest BCUT2D eigenvalue weighted by molar-refractivity contribution is -0.119. The van der Waals surface area contributed by atoms with Crippen LogP contribution in [0.25, 0.3) is 0 Å². The predicted octanol–water partition coefficient (Wildman–Crippen LogP) is 1.17. The van der Waals surface area contributed by atoms with E-state index in [1.807, 2.05) is 24.3 Å². The van der Waals surface area contributed by atoms with Gasteiger partial charge in [0, 0.05) is 0 Å². The number of nitrogens with one attached hydrogen (secondary N) is 1. The van der Waals surface area contributed by atoms with Crippen molar-refractivity contribution in [3.63, 3.8) is 0 Å². The topological polar surface area (TPSA) is 99.4 Å². The number of amides is 1. The molecule has 9 heteroatoms. The molecule has 0 spiro atoms. The van der Waals surface area contributed by atoms with Crippen molar-refractivity contribution in [3.8, 4) is 11.5 Å². The molecule has 0 bridgehead atoms. The van der Waals surface area contributed by atoms with Gasteiger partial charge in [-0.05, 0) is 12.1 Å². The van der Waals surface area contributed by atoms with E-state index < -0.39 is 0 Å². The number of thioether (sulfide) groups is 1. The number of ether oxygens (including phenoxy) is 2. The number of rotatable bonds is 5. The standard InChI is InChI=1S/C13H14N4O3S2/c14-12-16-17-13(22-12)21-7-11(18)15-5-8-6-19-9-3-1-2-4-10(9)20-8/h1-4,8H,5-7H2,(H2,14,16)(H,15,18)/t8-/m0/s1. The number of nitrogens with zero attached hydrogens (tertiary/aromatic N) is 2. The summed E-state index contributed by atoms with van der Waals surface area (Å²) in [5.41, 5.74) is 5.48. The highest BCUT2D eigenvalue weighted by atomic mass is 32.2. The Morgan fingerprint density at radius 2 is 2.23 bits per heavy atom. The Balaban J connectivity index is 1.42. The molecular formula is C13H14N4O3S2. The average Bonchev–Trinajstić information content (AvgIpc) is 2.96. The predicted molar refractivity (Wildman–Crippen MR) is 84.4 cm³/mol. The summed E-state index contributed by atoms with van der Waals surface area (Å²) in [6.07, 6.45) is -0.193. The molecule has 116 valence electrons. The minimum atomic E-state index is -0.193. The van der Waals surface area contributed by atoms with E-state index in [9.17, 15) is 4.79 Å². The van der Waals surface area contributed by atoms with E-state index in [0.717, 1.165) is 5.75 Å². The van der Waals surface area contributed by atoms with Crippen molar-refractivity contribution in [3.05, 3.63) is 24.3 Å². The van der Waals surface area contributed by atoms with Crippen LogP contribution in [0.5, 0.6) is 11.5 Å². The van der Waals surface area contributed by atoms with Gasteiger partial charge in [0.15, 0.2) is 15.8 Å². The normalized spacial score (nSPS) is 16.3. The Labute approximate surface area is 135 Å². The first-order valence-corrected chi connectivity index (χ1v) is 8.38. The van der Waals surface area contributed by atoms with E-state index in [1.54, 1.807) is 0 Å². The monoisotopic (exact) mass is 338 g/mol. The van der Waals surface area contributed by atoms with Crippen LogP contribution in [-0.2, 0) is 4.79 Å². The van der Waals surface area contributed by atoms with Gasteiger partial charge in [0.25, 0.3) is 0 Å². The Bertz CT molecular complexity index is 664. The minimum Gasteiger partial charge on any atom is -0.486 e. The molecular weight excluding hydrogens is 324 g/mol. The number of nitrogen functional groups attached to an aromatic ring is 1. The SMILES string of the molecule is Nc1nnc(SCC(=O)NC[C@H]2COc3ccccc3O2)s1. The van der Waals surface area contributed by atoms with Crippen molar-refractivity contribution < 1.29 is 14.3 Å².